The fraction of sp³-hybridized carbons (Fsp3) is 1.00. The monoisotopic (exact) mass is 221 g/mol. The Kier molecular flexibility index (Phi) is 4.58. The zero-order valence-corrected chi connectivity index (χ0v) is 9.54. The Labute approximate surface area is 85.3 Å². The molecule has 0 amide bonds. The van der Waals surface area contributed by atoms with E-state index in [1.165, 1.54) is 0 Å². The molecule has 1 atom stereocenters. The molecule has 0 aliphatic carbocycles. The molecule has 0 aromatic heterocycles. The van der Waals surface area contributed by atoms with Gasteiger partial charge in [-0.3, -0.25) is 4.57 Å². The Morgan fingerprint density at radius 1 is 1.43 bits per heavy atom. The van der Waals surface area contributed by atoms with Gasteiger partial charge < -0.3 is 15.1 Å². The molecule has 4 nitrogen and oxygen atoms in total. The van der Waals surface area contributed by atoms with Crippen LogP contribution in [0.15, 0.2) is 0 Å². The summed E-state index contributed by atoms with van der Waals surface area (Å²) in [5, 5.41) is 3.21. The van der Waals surface area contributed by atoms with Crippen molar-refractivity contribution in [1.29, 1.82) is 0 Å². The van der Waals surface area contributed by atoms with Gasteiger partial charge in [-0.2, -0.15) is 0 Å². The molecule has 0 bridgehead atoms. The number of hydrogen-bond donors (Lipinski definition) is 3. The van der Waals surface area contributed by atoms with Crippen molar-refractivity contribution in [2.45, 2.75) is 38.3 Å². The van der Waals surface area contributed by atoms with E-state index in [4.69, 9.17) is 0 Å². The van der Waals surface area contributed by atoms with Crippen LogP contribution < -0.4 is 5.32 Å². The lowest BCUT2D eigenvalue weighted by Crippen LogP contribution is -2.34. The van der Waals surface area contributed by atoms with Crippen molar-refractivity contribution in [1.82, 2.24) is 5.32 Å². The van der Waals surface area contributed by atoms with Crippen LogP contribution in [-0.4, -0.2) is 28.5 Å². The summed E-state index contributed by atoms with van der Waals surface area (Å²) in [5.74, 6) is 0.206. The van der Waals surface area contributed by atoms with Gasteiger partial charge >= 0.3 is 7.60 Å². The van der Waals surface area contributed by atoms with E-state index < -0.39 is 13.3 Å². The summed E-state index contributed by atoms with van der Waals surface area (Å²) in [5.41, 5.74) is -0.408. The molecule has 0 aromatic rings. The summed E-state index contributed by atoms with van der Waals surface area (Å²) in [7, 11) is -3.89. The Morgan fingerprint density at radius 3 is 2.43 bits per heavy atom. The van der Waals surface area contributed by atoms with Crippen molar-refractivity contribution in [3.8, 4) is 0 Å². The molecule has 1 aliphatic rings. The molecular weight excluding hydrogens is 201 g/mol. The maximum atomic E-state index is 11.3. The van der Waals surface area contributed by atoms with Gasteiger partial charge in [0.15, 0.2) is 0 Å². The fourth-order valence-electron chi connectivity index (χ4n) is 2.20. The van der Waals surface area contributed by atoms with Crippen molar-refractivity contribution in [2.24, 2.45) is 5.92 Å². The lowest BCUT2D eigenvalue weighted by atomic mass is 9.92. The molecule has 5 heteroatoms. The lowest BCUT2D eigenvalue weighted by molar-refractivity contribution is 0.290. The highest BCUT2D eigenvalue weighted by molar-refractivity contribution is 7.52. The second kappa shape index (κ2) is 5.26. The number of hydrogen-bond acceptors (Lipinski definition) is 2. The largest absolute Gasteiger partial charge is 0.328 e. The van der Waals surface area contributed by atoms with Gasteiger partial charge in [-0.15, -0.1) is 0 Å². The molecule has 14 heavy (non-hydrogen) atoms. The Balaban J connectivity index is 2.61. The van der Waals surface area contributed by atoms with Crippen molar-refractivity contribution < 1.29 is 14.4 Å². The molecule has 84 valence electrons. The van der Waals surface area contributed by atoms with Crippen LogP contribution in [0.1, 0.15) is 32.6 Å². The molecule has 1 rings (SSSR count). The average Bonchev–Trinajstić information content (AvgIpc) is 2.14. The second-order valence-electron chi connectivity index (χ2n) is 4.03. The van der Waals surface area contributed by atoms with Gasteiger partial charge in [0, 0.05) is 0 Å². The maximum Gasteiger partial charge on any atom is 0.328 e. The molecule has 1 fully saturated rings. The lowest BCUT2D eigenvalue weighted by Gasteiger charge is -2.30. The molecule has 1 saturated heterocycles. The quantitative estimate of drug-likeness (QED) is 0.626. The summed E-state index contributed by atoms with van der Waals surface area (Å²) in [4.78, 5) is 18.5. The number of piperidine rings is 1. The van der Waals surface area contributed by atoms with E-state index in [-0.39, 0.29) is 5.92 Å². The van der Waals surface area contributed by atoms with Crippen LogP contribution in [0, 0.1) is 5.92 Å². The third-order valence-electron chi connectivity index (χ3n) is 2.94. The summed E-state index contributed by atoms with van der Waals surface area (Å²) < 4.78 is 11.3. The van der Waals surface area contributed by atoms with E-state index in [9.17, 15) is 14.4 Å². The third kappa shape index (κ3) is 3.35. The summed E-state index contributed by atoms with van der Waals surface area (Å²) in [6.07, 6.45) is 3.29. The Morgan fingerprint density at radius 2 is 2.00 bits per heavy atom. The Hall–Kier alpha value is 0.110. The molecule has 0 saturated carbocycles. The standard InChI is InChI=1S/C9H20NO3P/c1-2-3-9(14(11,12)13)8-4-6-10-7-5-8/h8-10H,2-7H2,1H3,(H2,11,12,13). The van der Waals surface area contributed by atoms with Crippen LogP contribution in [0.5, 0.6) is 0 Å². The minimum Gasteiger partial charge on any atom is -0.324 e. The molecule has 0 spiro atoms. The highest BCUT2D eigenvalue weighted by Crippen LogP contribution is 2.49. The van der Waals surface area contributed by atoms with Gasteiger partial charge in [0.25, 0.3) is 0 Å². The van der Waals surface area contributed by atoms with Gasteiger partial charge in [-0.1, -0.05) is 13.3 Å². The van der Waals surface area contributed by atoms with Crippen LogP contribution in [0.3, 0.4) is 0 Å². The number of rotatable bonds is 4. The fourth-order valence-corrected chi connectivity index (χ4v) is 3.65. The highest BCUT2D eigenvalue weighted by Gasteiger charge is 2.35. The minimum atomic E-state index is -3.89. The summed E-state index contributed by atoms with van der Waals surface area (Å²) >= 11 is 0. The van der Waals surface area contributed by atoms with Crippen LogP contribution in [0.4, 0.5) is 0 Å². The van der Waals surface area contributed by atoms with Gasteiger partial charge in [-0.25, -0.2) is 0 Å². The van der Waals surface area contributed by atoms with Crippen LogP contribution in [0.25, 0.3) is 0 Å². The van der Waals surface area contributed by atoms with Crippen molar-refractivity contribution in [3.05, 3.63) is 0 Å². The molecule has 1 aliphatic heterocycles. The molecule has 1 unspecified atom stereocenters. The first-order valence-electron chi connectivity index (χ1n) is 5.31. The van der Waals surface area contributed by atoms with E-state index in [2.05, 4.69) is 5.32 Å². The normalized spacial score (nSPS) is 22.2. The predicted octanol–water partition coefficient (Wildman–Crippen LogP) is 1.33. The van der Waals surface area contributed by atoms with Crippen LogP contribution in [0.2, 0.25) is 0 Å². The van der Waals surface area contributed by atoms with E-state index in [0.717, 1.165) is 32.4 Å². The van der Waals surface area contributed by atoms with E-state index in [1.54, 1.807) is 0 Å². The van der Waals surface area contributed by atoms with Gasteiger partial charge in [0.1, 0.15) is 0 Å². The zero-order chi connectivity index (χ0) is 10.6. The SMILES string of the molecule is CCCC(C1CCNCC1)P(=O)(O)O. The summed E-state index contributed by atoms with van der Waals surface area (Å²) in [6.45, 7) is 3.76. The predicted molar refractivity (Wildman–Crippen MR) is 56.3 cm³/mol. The third-order valence-corrected chi connectivity index (χ3v) is 4.49. The first-order chi connectivity index (χ1) is 6.55. The summed E-state index contributed by atoms with van der Waals surface area (Å²) in [6, 6.07) is 0. The van der Waals surface area contributed by atoms with Crippen LogP contribution >= 0.6 is 7.60 Å². The van der Waals surface area contributed by atoms with E-state index >= 15 is 0 Å². The van der Waals surface area contributed by atoms with Gasteiger partial charge in [0.2, 0.25) is 0 Å². The topological polar surface area (TPSA) is 69.6 Å². The first-order valence-corrected chi connectivity index (χ1v) is 6.99. The smallest absolute Gasteiger partial charge is 0.324 e. The molecule has 0 radical (unpaired) electrons. The van der Waals surface area contributed by atoms with Gasteiger partial charge in [-0.05, 0) is 38.3 Å². The van der Waals surface area contributed by atoms with E-state index in [1.807, 2.05) is 6.92 Å². The molecule has 3 N–H and O–H groups in total. The minimum absolute atomic E-state index is 0.206. The van der Waals surface area contributed by atoms with Gasteiger partial charge in [0.05, 0.1) is 5.66 Å². The molecular formula is C9H20NO3P. The zero-order valence-electron chi connectivity index (χ0n) is 8.65. The Bertz CT molecular complexity index is 210. The van der Waals surface area contributed by atoms with E-state index in [0.29, 0.717) is 6.42 Å². The van der Waals surface area contributed by atoms with Crippen molar-refractivity contribution >= 4 is 7.60 Å². The second-order valence-corrected chi connectivity index (χ2v) is 5.87. The van der Waals surface area contributed by atoms with Crippen molar-refractivity contribution in [3.63, 3.8) is 0 Å². The van der Waals surface area contributed by atoms with Crippen LogP contribution in [-0.2, 0) is 4.57 Å². The van der Waals surface area contributed by atoms with Crippen molar-refractivity contribution in [2.75, 3.05) is 13.1 Å². The maximum absolute atomic E-state index is 11.3. The first kappa shape index (κ1) is 12.2. The molecule has 0 aromatic carbocycles. The highest BCUT2D eigenvalue weighted by atomic mass is 31.2. The average molecular weight is 221 g/mol. The molecule has 1 heterocycles. The number of nitrogens with one attached hydrogen (secondary N) is 1.